The number of nitrogens with two attached hydrogens (primary N) is 1. The highest BCUT2D eigenvalue weighted by Gasteiger charge is 2.17. The van der Waals surface area contributed by atoms with Crippen molar-refractivity contribution < 1.29 is 25.1 Å². The van der Waals surface area contributed by atoms with Crippen LogP contribution in [0.2, 0.25) is 0 Å². The molecule has 1 amide bonds. The molecule has 0 heterocycles. The van der Waals surface area contributed by atoms with Crippen molar-refractivity contribution in [2.75, 3.05) is 18.5 Å². The van der Waals surface area contributed by atoms with E-state index in [0.29, 0.717) is 5.69 Å². The van der Waals surface area contributed by atoms with Gasteiger partial charge in [-0.25, -0.2) is 0 Å². The number of amides is 1. The summed E-state index contributed by atoms with van der Waals surface area (Å²) >= 11 is 0. The molecule has 6 nitrogen and oxygen atoms in total. The van der Waals surface area contributed by atoms with E-state index in [9.17, 15) is 14.7 Å². The quantitative estimate of drug-likeness (QED) is 0.530. The molecule has 104 valence electrons. The number of aryl methyl sites for hydroxylation is 1. The molecule has 4 N–H and O–H groups in total. The second kappa shape index (κ2) is 7.50. The average molecular weight is 266 g/mol. The number of aliphatic hydroxyl groups is 1. The Labute approximate surface area is 111 Å². The summed E-state index contributed by atoms with van der Waals surface area (Å²) < 4.78 is 0. The number of anilines is 1. The first-order valence-electron chi connectivity index (χ1n) is 6.04. The van der Waals surface area contributed by atoms with E-state index in [0.717, 1.165) is 5.56 Å². The van der Waals surface area contributed by atoms with Crippen molar-refractivity contribution in [3.8, 4) is 0 Å². The van der Waals surface area contributed by atoms with Crippen LogP contribution in [0.15, 0.2) is 24.3 Å². The Balaban J connectivity index is 2.52. The van der Waals surface area contributed by atoms with Crippen LogP contribution in [-0.4, -0.2) is 36.2 Å². The van der Waals surface area contributed by atoms with Crippen LogP contribution in [-0.2, 0) is 9.59 Å². The third-order valence-electron chi connectivity index (χ3n) is 2.62. The molecule has 0 aliphatic heterocycles. The maximum atomic E-state index is 11.7. The number of carboxylic acid groups (broad SMARTS) is 1. The van der Waals surface area contributed by atoms with Crippen LogP contribution in [0.5, 0.6) is 0 Å². The van der Waals surface area contributed by atoms with E-state index in [1.54, 1.807) is 12.1 Å². The van der Waals surface area contributed by atoms with Crippen LogP contribution in [0.25, 0.3) is 0 Å². The van der Waals surface area contributed by atoms with Gasteiger partial charge in [0.15, 0.2) is 0 Å². The van der Waals surface area contributed by atoms with Crippen LogP contribution < -0.4 is 15.7 Å². The molecule has 1 atom stereocenters. The molecule has 1 aromatic rings. The maximum Gasteiger partial charge on any atom is 0.230 e. The van der Waals surface area contributed by atoms with E-state index < -0.39 is 17.9 Å². The minimum Gasteiger partial charge on any atom is -0.544 e. The first-order chi connectivity index (χ1) is 9.02. The number of aliphatic carboxylic acids is 1. The Bertz CT molecular complexity index is 431. The zero-order valence-electron chi connectivity index (χ0n) is 10.8. The van der Waals surface area contributed by atoms with Crippen LogP contribution in [0, 0.1) is 6.92 Å². The van der Waals surface area contributed by atoms with E-state index >= 15 is 0 Å². The summed E-state index contributed by atoms with van der Waals surface area (Å²) in [6, 6.07) is 6.21. The number of carboxylic acids is 1. The second-order valence-corrected chi connectivity index (χ2v) is 4.29. The molecule has 19 heavy (non-hydrogen) atoms. The molecular formula is C13H18N2O4. The van der Waals surface area contributed by atoms with E-state index in [-0.39, 0.29) is 19.6 Å². The standard InChI is InChI=1S/C13H18N2O4/c1-9-2-4-10(5-3-9)15-12(17)8-11(13(18)19)14-6-7-16/h2-5,11,14,16H,6-8H2,1H3,(H,15,17)(H,18,19)/t11-/m0/s1. The normalized spacial score (nSPS) is 11.9. The van der Waals surface area contributed by atoms with Gasteiger partial charge in [-0.2, -0.15) is 0 Å². The number of quaternary nitrogens is 1. The van der Waals surface area contributed by atoms with E-state index in [4.69, 9.17) is 5.11 Å². The molecule has 0 aliphatic carbocycles. The molecule has 0 radical (unpaired) electrons. The zero-order chi connectivity index (χ0) is 14.3. The summed E-state index contributed by atoms with van der Waals surface area (Å²) in [6.45, 7) is 2.00. The molecule has 0 aromatic heterocycles. The number of hydrogen-bond donors (Lipinski definition) is 3. The Morgan fingerprint density at radius 1 is 1.37 bits per heavy atom. The van der Waals surface area contributed by atoms with Crippen LogP contribution in [0.3, 0.4) is 0 Å². The molecule has 0 fully saturated rings. The number of hydrogen-bond acceptors (Lipinski definition) is 4. The van der Waals surface area contributed by atoms with Crippen LogP contribution in [0.1, 0.15) is 12.0 Å². The van der Waals surface area contributed by atoms with Gasteiger partial charge in [-0.1, -0.05) is 17.7 Å². The summed E-state index contributed by atoms with van der Waals surface area (Å²) in [4.78, 5) is 22.5. The minimum absolute atomic E-state index is 0.149. The number of aliphatic hydroxyl groups excluding tert-OH is 1. The first kappa shape index (κ1) is 15.1. The molecule has 0 spiro atoms. The van der Waals surface area contributed by atoms with Crippen molar-refractivity contribution in [2.45, 2.75) is 19.4 Å². The van der Waals surface area contributed by atoms with Crippen molar-refractivity contribution in [1.82, 2.24) is 0 Å². The lowest BCUT2D eigenvalue weighted by Gasteiger charge is -2.15. The summed E-state index contributed by atoms with van der Waals surface area (Å²) in [7, 11) is 0. The number of carbonyl (C=O) groups excluding carboxylic acids is 2. The number of carbonyl (C=O) groups is 2. The Morgan fingerprint density at radius 3 is 2.53 bits per heavy atom. The smallest absolute Gasteiger partial charge is 0.230 e. The molecular weight excluding hydrogens is 248 g/mol. The average Bonchev–Trinajstić information content (AvgIpc) is 2.37. The lowest BCUT2D eigenvalue weighted by Crippen LogP contribution is -2.94. The fraction of sp³-hybridized carbons (Fsp3) is 0.385. The molecule has 1 rings (SSSR count). The van der Waals surface area contributed by atoms with Crippen LogP contribution in [0.4, 0.5) is 5.69 Å². The van der Waals surface area contributed by atoms with Gasteiger partial charge in [-0.3, -0.25) is 4.79 Å². The van der Waals surface area contributed by atoms with Gasteiger partial charge in [-0.15, -0.1) is 0 Å². The highest BCUT2D eigenvalue weighted by Crippen LogP contribution is 2.08. The van der Waals surface area contributed by atoms with Gasteiger partial charge in [-0.05, 0) is 19.1 Å². The Morgan fingerprint density at radius 2 is 2.00 bits per heavy atom. The highest BCUT2D eigenvalue weighted by atomic mass is 16.4. The zero-order valence-corrected chi connectivity index (χ0v) is 10.8. The van der Waals surface area contributed by atoms with Crippen LogP contribution >= 0.6 is 0 Å². The summed E-state index contributed by atoms with van der Waals surface area (Å²) in [5.41, 5.74) is 1.69. The fourth-order valence-corrected chi connectivity index (χ4v) is 1.59. The first-order valence-corrected chi connectivity index (χ1v) is 6.04. The van der Waals surface area contributed by atoms with Gasteiger partial charge in [0.25, 0.3) is 0 Å². The molecule has 1 aromatic carbocycles. The maximum absolute atomic E-state index is 11.7. The van der Waals surface area contributed by atoms with Crippen molar-refractivity contribution in [3.63, 3.8) is 0 Å². The number of benzene rings is 1. The van der Waals surface area contributed by atoms with Gasteiger partial charge in [0, 0.05) is 5.69 Å². The fourth-order valence-electron chi connectivity index (χ4n) is 1.59. The van der Waals surface area contributed by atoms with Gasteiger partial charge < -0.3 is 25.6 Å². The van der Waals surface area contributed by atoms with Crippen molar-refractivity contribution in [2.24, 2.45) is 0 Å². The van der Waals surface area contributed by atoms with Gasteiger partial charge in [0.1, 0.15) is 6.04 Å². The SMILES string of the molecule is Cc1ccc(NC(=O)C[C@H]([NH2+]CCO)C(=O)[O-])cc1. The molecule has 0 saturated heterocycles. The van der Waals surface area contributed by atoms with Crippen molar-refractivity contribution in [3.05, 3.63) is 29.8 Å². The van der Waals surface area contributed by atoms with Gasteiger partial charge in [0.2, 0.25) is 5.91 Å². The van der Waals surface area contributed by atoms with Gasteiger partial charge >= 0.3 is 0 Å². The monoisotopic (exact) mass is 266 g/mol. The summed E-state index contributed by atoms with van der Waals surface area (Å²) in [6.07, 6.45) is -0.198. The van der Waals surface area contributed by atoms with Crippen molar-refractivity contribution in [1.29, 1.82) is 0 Å². The highest BCUT2D eigenvalue weighted by molar-refractivity contribution is 5.93. The topological polar surface area (TPSA) is 106 Å². The van der Waals surface area contributed by atoms with Gasteiger partial charge in [0.05, 0.1) is 25.5 Å². The Kier molecular flexibility index (Phi) is 5.98. The lowest BCUT2D eigenvalue weighted by atomic mass is 10.2. The largest absolute Gasteiger partial charge is 0.544 e. The van der Waals surface area contributed by atoms with E-state index in [1.807, 2.05) is 19.1 Å². The predicted octanol–water partition coefficient (Wildman–Crippen LogP) is -2.00. The van der Waals surface area contributed by atoms with E-state index in [2.05, 4.69) is 5.32 Å². The summed E-state index contributed by atoms with van der Waals surface area (Å²) in [5, 5.41) is 23.5. The van der Waals surface area contributed by atoms with E-state index in [1.165, 1.54) is 5.32 Å². The second-order valence-electron chi connectivity index (χ2n) is 4.29. The third kappa shape index (κ3) is 5.50. The molecule has 0 aliphatic rings. The molecule has 0 bridgehead atoms. The molecule has 0 unspecified atom stereocenters. The number of nitrogens with one attached hydrogen (secondary N) is 1. The third-order valence-corrected chi connectivity index (χ3v) is 2.62. The molecule has 6 heteroatoms. The minimum atomic E-state index is -1.31. The van der Waals surface area contributed by atoms with Crippen molar-refractivity contribution >= 4 is 17.6 Å². The summed E-state index contributed by atoms with van der Waals surface area (Å²) in [5.74, 6) is -1.71. The Hall–Kier alpha value is -1.92. The number of rotatable bonds is 7. The lowest BCUT2D eigenvalue weighted by molar-refractivity contribution is -0.683. The molecule has 0 saturated carbocycles. The predicted molar refractivity (Wildman–Crippen MR) is 67.1 cm³/mol.